The molecule has 20 heavy (non-hydrogen) atoms. The maximum atomic E-state index is 5.82. The number of aromatic nitrogens is 4. The van der Waals surface area contributed by atoms with Crippen molar-refractivity contribution in [3.63, 3.8) is 0 Å². The minimum absolute atomic E-state index is 0.0485. The van der Waals surface area contributed by atoms with Gasteiger partial charge < -0.3 is 4.74 Å². The van der Waals surface area contributed by atoms with Crippen molar-refractivity contribution in [2.24, 2.45) is 5.92 Å². The average molecular weight is 272 g/mol. The Morgan fingerprint density at radius 1 is 1.20 bits per heavy atom. The van der Waals surface area contributed by atoms with Crippen LogP contribution in [0.25, 0.3) is 11.0 Å². The van der Waals surface area contributed by atoms with Crippen LogP contribution in [0.5, 0.6) is 0 Å². The van der Waals surface area contributed by atoms with Gasteiger partial charge in [-0.3, -0.25) is 0 Å². The van der Waals surface area contributed by atoms with E-state index < -0.39 is 0 Å². The molecule has 2 aromatic heterocycles. The van der Waals surface area contributed by atoms with Crippen LogP contribution in [0.2, 0.25) is 0 Å². The van der Waals surface area contributed by atoms with E-state index in [0.29, 0.717) is 0 Å². The molecular formula is C15H20N4O. The lowest BCUT2D eigenvalue weighted by atomic mass is 10.2. The maximum absolute atomic E-state index is 5.82. The molecule has 1 saturated carbocycles. The zero-order valence-electron chi connectivity index (χ0n) is 11.7. The summed E-state index contributed by atoms with van der Waals surface area (Å²) in [5, 5.41) is 5.47. The van der Waals surface area contributed by atoms with Crippen LogP contribution in [0.4, 0.5) is 0 Å². The second-order valence-electron chi connectivity index (χ2n) is 5.96. The molecule has 5 heteroatoms. The summed E-state index contributed by atoms with van der Waals surface area (Å²) in [5.41, 5.74) is 0.928. The summed E-state index contributed by atoms with van der Waals surface area (Å²) in [7, 11) is 0. The van der Waals surface area contributed by atoms with Crippen molar-refractivity contribution < 1.29 is 4.74 Å². The first-order valence-electron chi connectivity index (χ1n) is 7.71. The highest BCUT2D eigenvalue weighted by atomic mass is 16.5. The standard InChI is InChI=1S/C15H20N4O/c1-2-8-20-14(3-1)19-15-12(10-17-19)9-16-13(18-15)7-6-11-4-5-11/h9-11,14H,1-8H2. The van der Waals surface area contributed by atoms with E-state index in [1.54, 1.807) is 0 Å². The molecule has 3 heterocycles. The Hall–Kier alpha value is -1.49. The Labute approximate surface area is 118 Å². The first kappa shape index (κ1) is 12.3. The van der Waals surface area contributed by atoms with E-state index in [0.717, 1.165) is 48.6 Å². The van der Waals surface area contributed by atoms with Gasteiger partial charge >= 0.3 is 0 Å². The molecule has 2 fully saturated rings. The zero-order valence-corrected chi connectivity index (χ0v) is 11.7. The molecule has 0 aromatic carbocycles. The number of aryl methyl sites for hydroxylation is 1. The Kier molecular flexibility index (Phi) is 3.14. The molecule has 4 rings (SSSR count). The highest BCUT2D eigenvalue weighted by Crippen LogP contribution is 2.33. The van der Waals surface area contributed by atoms with Gasteiger partial charge in [0.25, 0.3) is 0 Å². The Morgan fingerprint density at radius 2 is 2.15 bits per heavy atom. The van der Waals surface area contributed by atoms with Crippen molar-refractivity contribution in [1.29, 1.82) is 0 Å². The number of hydrogen-bond donors (Lipinski definition) is 0. The monoisotopic (exact) mass is 272 g/mol. The lowest BCUT2D eigenvalue weighted by Crippen LogP contribution is -2.19. The van der Waals surface area contributed by atoms with Gasteiger partial charge in [0.15, 0.2) is 11.9 Å². The minimum atomic E-state index is 0.0485. The molecule has 0 radical (unpaired) electrons. The molecule has 5 nitrogen and oxygen atoms in total. The molecule has 0 spiro atoms. The fourth-order valence-corrected chi connectivity index (χ4v) is 2.86. The van der Waals surface area contributed by atoms with Crippen LogP contribution in [-0.4, -0.2) is 26.4 Å². The fourth-order valence-electron chi connectivity index (χ4n) is 2.86. The van der Waals surface area contributed by atoms with E-state index in [1.807, 2.05) is 17.1 Å². The largest absolute Gasteiger partial charge is 0.356 e. The van der Waals surface area contributed by atoms with Gasteiger partial charge in [0.2, 0.25) is 0 Å². The van der Waals surface area contributed by atoms with Gasteiger partial charge in [0.1, 0.15) is 5.82 Å². The van der Waals surface area contributed by atoms with E-state index in [2.05, 4.69) is 10.1 Å². The maximum Gasteiger partial charge on any atom is 0.164 e. The van der Waals surface area contributed by atoms with Crippen LogP contribution in [-0.2, 0) is 11.2 Å². The summed E-state index contributed by atoms with van der Waals surface area (Å²) in [6.07, 6.45) is 12.1. The quantitative estimate of drug-likeness (QED) is 0.858. The van der Waals surface area contributed by atoms with Crippen molar-refractivity contribution in [3.8, 4) is 0 Å². The second kappa shape index (κ2) is 5.13. The van der Waals surface area contributed by atoms with Crippen molar-refractivity contribution in [3.05, 3.63) is 18.2 Å². The molecule has 1 aliphatic heterocycles. The predicted octanol–water partition coefficient (Wildman–Crippen LogP) is 2.87. The smallest absolute Gasteiger partial charge is 0.164 e. The zero-order chi connectivity index (χ0) is 13.4. The van der Waals surface area contributed by atoms with Gasteiger partial charge in [-0.05, 0) is 31.6 Å². The van der Waals surface area contributed by atoms with Crippen LogP contribution in [0.15, 0.2) is 12.4 Å². The van der Waals surface area contributed by atoms with Gasteiger partial charge in [-0.25, -0.2) is 14.6 Å². The summed E-state index contributed by atoms with van der Waals surface area (Å²) in [6, 6.07) is 0. The van der Waals surface area contributed by atoms with Gasteiger partial charge in [-0.2, -0.15) is 5.10 Å². The van der Waals surface area contributed by atoms with Gasteiger partial charge in [-0.1, -0.05) is 12.8 Å². The van der Waals surface area contributed by atoms with Crippen molar-refractivity contribution in [2.75, 3.05) is 6.61 Å². The highest BCUT2D eigenvalue weighted by molar-refractivity contribution is 5.73. The molecule has 1 aliphatic carbocycles. The Bertz CT molecular complexity index is 599. The summed E-state index contributed by atoms with van der Waals surface area (Å²) in [5.74, 6) is 1.86. The Morgan fingerprint density at radius 3 is 2.95 bits per heavy atom. The van der Waals surface area contributed by atoms with E-state index >= 15 is 0 Å². The van der Waals surface area contributed by atoms with Crippen LogP contribution in [0.1, 0.15) is 50.6 Å². The molecule has 0 N–H and O–H groups in total. The van der Waals surface area contributed by atoms with Crippen LogP contribution >= 0.6 is 0 Å². The summed E-state index contributed by atoms with van der Waals surface area (Å²) in [6.45, 7) is 0.825. The minimum Gasteiger partial charge on any atom is -0.356 e. The SMILES string of the molecule is c1nc(CCC2CC2)nc2c1cnn2C1CCCCO1. The molecule has 106 valence electrons. The highest BCUT2D eigenvalue weighted by Gasteiger charge is 2.22. The van der Waals surface area contributed by atoms with Crippen molar-refractivity contribution >= 4 is 11.0 Å². The fraction of sp³-hybridized carbons (Fsp3) is 0.667. The molecule has 0 amide bonds. The molecular weight excluding hydrogens is 252 g/mol. The normalized spacial score (nSPS) is 23.3. The van der Waals surface area contributed by atoms with E-state index in [1.165, 1.54) is 25.7 Å². The molecule has 1 saturated heterocycles. The predicted molar refractivity (Wildman–Crippen MR) is 75.2 cm³/mol. The van der Waals surface area contributed by atoms with Crippen molar-refractivity contribution in [1.82, 2.24) is 19.7 Å². The third-order valence-corrected chi connectivity index (χ3v) is 4.29. The molecule has 1 unspecified atom stereocenters. The lowest BCUT2D eigenvalue weighted by molar-refractivity contribution is -0.0370. The van der Waals surface area contributed by atoms with Crippen LogP contribution in [0, 0.1) is 5.92 Å². The third kappa shape index (κ3) is 2.42. The lowest BCUT2D eigenvalue weighted by Gasteiger charge is -2.23. The first-order chi connectivity index (χ1) is 9.90. The van der Waals surface area contributed by atoms with Crippen LogP contribution < -0.4 is 0 Å². The molecule has 1 atom stereocenters. The first-order valence-corrected chi connectivity index (χ1v) is 7.71. The van der Waals surface area contributed by atoms with Gasteiger partial charge in [-0.15, -0.1) is 0 Å². The number of nitrogens with zero attached hydrogens (tertiary/aromatic N) is 4. The average Bonchev–Trinajstić information content (AvgIpc) is 3.24. The van der Waals surface area contributed by atoms with E-state index in [4.69, 9.17) is 9.72 Å². The van der Waals surface area contributed by atoms with Gasteiger partial charge in [0.05, 0.1) is 11.6 Å². The van der Waals surface area contributed by atoms with Crippen LogP contribution in [0.3, 0.4) is 0 Å². The number of hydrogen-bond acceptors (Lipinski definition) is 4. The Balaban J connectivity index is 1.60. The number of fused-ring (bicyclic) bond motifs is 1. The van der Waals surface area contributed by atoms with E-state index in [9.17, 15) is 0 Å². The third-order valence-electron chi connectivity index (χ3n) is 4.29. The number of ether oxygens (including phenoxy) is 1. The van der Waals surface area contributed by atoms with Gasteiger partial charge in [0, 0.05) is 19.2 Å². The van der Waals surface area contributed by atoms with Crippen molar-refractivity contribution in [2.45, 2.75) is 51.2 Å². The summed E-state index contributed by atoms with van der Waals surface area (Å²) in [4.78, 5) is 9.18. The molecule has 2 aromatic rings. The van der Waals surface area contributed by atoms with E-state index in [-0.39, 0.29) is 6.23 Å². The molecule has 2 aliphatic rings. The second-order valence-corrected chi connectivity index (χ2v) is 5.96. The topological polar surface area (TPSA) is 52.8 Å². The summed E-state index contributed by atoms with van der Waals surface area (Å²) < 4.78 is 7.76. The number of rotatable bonds is 4. The molecule has 0 bridgehead atoms. The summed E-state index contributed by atoms with van der Waals surface area (Å²) >= 11 is 0.